The lowest BCUT2D eigenvalue weighted by Crippen LogP contribution is -2.32. The Morgan fingerprint density at radius 1 is 1.22 bits per heavy atom. The Hall–Kier alpha value is -2.89. The maximum Gasteiger partial charge on any atom is 0.263 e. The largest absolute Gasteiger partial charge is 0.322 e. The number of aryl methyl sites for hydroxylation is 2. The van der Waals surface area contributed by atoms with Crippen LogP contribution in [0.25, 0.3) is 0 Å². The van der Waals surface area contributed by atoms with E-state index in [1.54, 1.807) is 34.6 Å². The van der Waals surface area contributed by atoms with E-state index in [1.807, 2.05) is 32.9 Å². The summed E-state index contributed by atoms with van der Waals surface area (Å²) in [5.74, 6) is -0.344. The summed E-state index contributed by atoms with van der Waals surface area (Å²) >= 11 is 0. The van der Waals surface area contributed by atoms with Crippen molar-refractivity contribution in [2.24, 2.45) is 0 Å². The van der Waals surface area contributed by atoms with E-state index in [-0.39, 0.29) is 23.1 Å². The average molecular weight is 367 g/mol. The molecule has 3 rings (SSSR count). The van der Waals surface area contributed by atoms with Gasteiger partial charge in [0.05, 0.1) is 0 Å². The Balaban J connectivity index is 1.91. The molecule has 1 saturated heterocycles. The molecule has 6 nitrogen and oxygen atoms in total. The molecule has 1 aliphatic heterocycles. The lowest BCUT2D eigenvalue weighted by Gasteiger charge is -2.22. The monoisotopic (exact) mass is 367 g/mol. The molecule has 0 radical (unpaired) electrons. The molecule has 6 heteroatoms. The molecular formula is C21H25N3O3. The molecule has 1 aromatic carbocycles. The molecule has 1 fully saturated rings. The molecule has 142 valence electrons. The van der Waals surface area contributed by atoms with Crippen LogP contribution in [0, 0.1) is 13.8 Å². The number of carbonyl (C=O) groups excluding carboxylic acids is 2. The van der Waals surface area contributed by atoms with Crippen molar-refractivity contribution in [3.8, 4) is 0 Å². The Morgan fingerprint density at radius 3 is 2.59 bits per heavy atom. The first-order valence-corrected chi connectivity index (χ1v) is 9.28. The van der Waals surface area contributed by atoms with E-state index < -0.39 is 5.91 Å². The molecular weight excluding hydrogens is 342 g/mol. The van der Waals surface area contributed by atoms with Gasteiger partial charge in [-0.15, -0.1) is 0 Å². The van der Waals surface area contributed by atoms with Crippen LogP contribution < -0.4 is 15.8 Å². The van der Waals surface area contributed by atoms with Gasteiger partial charge >= 0.3 is 0 Å². The molecule has 2 amide bonds. The van der Waals surface area contributed by atoms with E-state index >= 15 is 0 Å². The Kier molecular flexibility index (Phi) is 5.17. The number of benzene rings is 1. The lowest BCUT2D eigenvalue weighted by atomic mass is 10.1. The summed E-state index contributed by atoms with van der Waals surface area (Å²) in [5, 5.41) is 2.81. The second-order valence-electron chi connectivity index (χ2n) is 7.05. The first-order chi connectivity index (χ1) is 12.8. The van der Waals surface area contributed by atoms with Crippen molar-refractivity contribution >= 4 is 23.2 Å². The van der Waals surface area contributed by atoms with Gasteiger partial charge in [-0.3, -0.25) is 14.4 Å². The fourth-order valence-electron chi connectivity index (χ4n) is 3.75. The number of nitrogens with one attached hydrogen (secondary N) is 1. The van der Waals surface area contributed by atoms with Crippen LogP contribution in [-0.2, 0) is 11.3 Å². The summed E-state index contributed by atoms with van der Waals surface area (Å²) in [5.41, 5.74) is 2.67. The van der Waals surface area contributed by atoms with Crippen LogP contribution >= 0.6 is 0 Å². The zero-order valence-electron chi connectivity index (χ0n) is 16.2. The topological polar surface area (TPSA) is 71.4 Å². The number of aromatic nitrogens is 1. The van der Waals surface area contributed by atoms with Crippen LogP contribution in [0.15, 0.2) is 35.1 Å². The van der Waals surface area contributed by atoms with Crippen LogP contribution in [0.4, 0.5) is 11.4 Å². The maximum atomic E-state index is 12.8. The number of hydrogen-bond donors (Lipinski definition) is 1. The van der Waals surface area contributed by atoms with Gasteiger partial charge in [0.1, 0.15) is 5.56 Å². The minimum atomic E-state index is -0.433. The molecule has 0 saturated carbocycles. The Morgan fingerprint density at radius 2 is 1.96 bits per heavy atom. The highest BCUT2D eigenvalue weighted by Crippen LogP contribution is 2.28. The molecule has 1 aliphatic rings. The predicted octanol–water partition coefficient (Wildman–Crippen LogP) is 3.25. The van der Waals surface area contributed by atoms with E-state index in [0.717, 1.165) is 17.8 Å². The van der Waals surface area contributed by atoms with Crippen molar-refractivity contribution in [3.05, 3.63) is 57.5 Å². The summed E-state index contributed by atoms with van der Waals surface area (Å²) in [6, 6.07) is 9.18. The summed E-state index contributed by atoms with van der Waals surface area (Å²) in [6.45, 7) is 8.03. The van der Waals surface area contributed by atoms with Crippen LogP contribution in [-0.4, -0.2) is 22.4 Å². The second kappa shape index (κ2) is 7.39. The van der Waals surface area contributed by atoms with Gasteiger partial charge in [-0.05, 0) is 63.9 Å². The van der Waals surface area contributed by atoms with Gasteiger partial charge in [0.15, 0.2) is 0 Å². The van der Waals surface area contributed by atoms with Gasteiger partial charge in [0, 0.05) is 36.1 Å². The number of carbonyl (C=O) groups is 2. The molecule has 2 aromatic rings. The molecule has 0 aliphatic carbocycles. The third-order valence-corrected chi connectivity index (χ3v) is 5.12. The third-order valence-electron chi connectivity index (χ3n) is 5.12. The molecule has 0 bridgehead atoms. The minimum Gasteiger partial charge on any atom is -0.322 e. The maximum absolute atomic E-state index is 12.8. The highest BCUT2D eigenvalue weighted by Gasteiger charge is 2.29. The number of pyridine rings is 1. The summed E-state index contributed by atoms with van der Waals surface area (Å²) in [7, 11) is 0. The van der Waals surface area contributed by atoms with E-state index in [4.69, 9.17) is 0 Å². The van der Waals surface area contributed by atoms with E-state index in [9.17, 15) is 14.4 Å². The SMILES string of the molecule is CCn1c(C)cc(C)c(C(=O)Nc2cccc(N3C(=O)CCC3C)c2)c1=O. The van der Waals surface area contributed by atoms with Crippen molar-refractivity contribution in [1.29, 1.82) is 0 Å². The molecule has 0 spiro atoms. The van der Waals surface area contributed by atoms with E-state index in [2.05, 4.69) is 5.32 Å². The normalized spacial score (nSPS) is 16.7. The molecule has 27 heavy (non-hydrogen) atoms. The standard InChI is InChI=1S/C21H25N3O3/c1-5-23-15(4)11-13(2)19(21(23)27)20(26)22-16-7-6-8-17(12-16)24-14(3)9-10-18(24)25/h6-8,11-12,14H,5,9-10H2,1-4H3,(H,22,26). The van der Waals surface area contributed by atoms with Crippen LogP contribution in [0.5, 0.6) is 0 Å². The fourth-order valence-corrected chi connectivity index (χ4v) is 3.75. The highest BCUT2D eigenvalue weighted by molar-refractivity contribution is 6.05. The van der Waals surface area contributed by atoms with E-state index in [1.165, 1.54) is 0 Å². The summed E-state index contributed by atoms with van der Waals surface area (Å²) < 4.78 is 1.59. The molecule has 1 aromatic heterocycles. The lowest BCUT2D eigenvalue weighted by molar-refractivity contribution is -0.117. The van der Waals surface area contributed by atoms with Crippen molar-refractivity contribution < 1.29 is 9.59 Å². The van der Waals surface area contributed by atoms with Gasteiger partial charge in [-0.25, -0.2) is 0 Å². The van der Waals surface area contributed by atoms with Crippen molar-refractivity contribution in [2.45, 2.75) is 53.1 Å². The fraction of sp³-hybridized carbons (Fsp3) is 0.381. The van der Waals surface area contributed by atoms with Crippen LogP contribution in [0.2, 0.25) is 0 Å². The van der Waals surface area contributed by atoms with Gasteiger partial charge in [0.2, 0.25) is 5.91 Å². The minimum absolute atomic E-state index is 0.0891. The van der Waals surface area contributed by atoms with Gasteiger partial charge in [-0.2, -0.15) is 0 Å². The number of rotatable bonds is 4. The number of anilines is 2. The van der Waals surface area contributed by atoms with E-state index in [0.29, 0.717) is 24.2 Å². The van der Waals surface area contributed by atoms with Crippen molar-refractivity contribution in [3.63, 3.8) is 0 Å². The molecule has 1 unspecified atom stereocenters. The number of hydrogen-bond acceptors (Lipinski definition) is 3. The average Bonchev–Trinajstić information content (AvgIpc) is 2.93. The predicted molar refractivity (Wildman–Crippen MR) is 106 cm³/mol. The zero-order chi connectivity index (χ0) is 19.7. The van der Waals surface area contributed by atoms with Gasteiger partial charge in [0.25, 0.3) is 11.5 Å². The van der Waals surface area contributed by atoms with Crippen LogP contribution in [0.3, 0.4) is 0 Å². The molecule has 2 heterocycles. The third kappa shape index (κ3) is 3.52. The highest BCUT2D eigenvalue weighted by atomic mass is 16.2. The second-order valence-corrected chi connectivity index (χ2v) is 7.05. The smallest absolute Gasteiger partial charge is 0.263 e. The summed E-state index contributed by atoms with van der Waals surface area (Å²) in [4.78, 5) is 39.4. The Labute approximate surface area is 158 Å². The first-order valence-electron chi connectivity index (χ1n) is 9.28. The number of nitrogens with zero attached hydrogens (tertiary/aromatic N) is 2. The van der Waals surface area contributed by atoms with Crippen molar-refractivity contribution in [2.75, 3.05) is 10.2 Å². The zero-order valence-corrected chi connectivity index (χ0v) is 16.2. The summed E-state index contributed by atoms with van der Waals surface area (Å²) in [6.07, 6.45) is 1.37. The van der Waals surface area contributed by atoms with Crippen molar-refractivity contribution in [1.82, 2.24) is 4.57 Å². The quantitative estimate of drug-likeness (QED) is 0.902. The van der Waals surface area contributed by atoms with Gasteiger partial charge in [-0.1, -0.05) is 6.07 Å². The van der Waals surface area contributed by atoms with Crippen LogP contribution in [0.1, 0.15) is 48.3 Å². The molecule has 1 atom stereocenters. The Bertz CT molecular complexity index is 962. The van der Waals surface area contributed by atoms with Gasteiger partial charge < -0.3 is 14.8 Å². The number of amides is 2. The first kappa shape index (κ1) is 18.9. The molecule has 1 N–H and O–H groups in total.